The van der Waals surface area contributed by atoms with E-state index in [1.807, 2.05) is 0 Å². The van der Waals surface area contributed by atoms with E-state index >= 15 is 0 Å². The summed E-state index contributed by atoms with van der Waals surface area (Å²) in [4.78, 5) is 4.54. The molecule has 0 heterocycles. The largest absolute Gasteiger partial charge is 0.370 e. The number of benzene rings is 1. The van der Waals surface area contributed by atoms with Gasteiger partial charge in [0.2, 0.25) is 0 Å². The standard InChI is InChI=1S/C15H22BrN3/c1-3-10(2)18-15(17)19-14-8-12(9-14)11-4-6-13(16)7-5-11/h4-7,10,12,14H,3,8-9H2,1-2H3,(H3,17,18,19). The van der Waals surface area contributed by atoms with Gasteiger partial charge in [0.15, 0.2) is 5.96 Å². The van der Waals surface area contributed by atoms with Gasteiger partial charge in [-0.3, -0.25) is 4.99 Å². The lowest BCUT2D eigenvalue weighted by molar-refractivity contribution is 0.352. The van der Waals surface area contributed by atoms with E-state index in [1.54, 1.807) is 0 Å². The highest BCUT2D eigenvalue weighted by atomic mass is 79.9. The summed E-state index contributed by atoms with van der Waals surface area (Å²) < 4.78 is 1.13. The van der Waals surface area contributed by atoms with Crippen LogP contribution in [0.25, 0.3) is 0 Å². The zero-order valence-electron chi connectivity index (χ0n) is 11.6. The number of guanidine groups is 1. The molecule has 0 aromatic heterocycles. The third-order valence-corrected chi connectivity index (χ3v) is 4.31. The first kappa shape index (κ1) is 14.4. The van der Waals surface area contributed by atoms with Crippen LogP contribution in [0.2, 0.25) is 0 Å². The van der Waals surface area contributed by atoms with Crippen molar-refractivity contribution in [2.24, 2.45) is 10.7 Å². The summed E-state index contributed by atoms with van der Waals surface area (Å²) in [5.41, 5.74) is 7.30. The second-order valence-electron chi connectivity index (χ2n) is 5.34. The van der Waals surface area contributed by atoms with E-state index in [0.717, 1.165) is 23.7 Å². The Kier molecular flexibility index (Phi) is 4.86. The summed E-state index contributed by atoms with van der Waals surface area (Å²) in [6, 6.07) is 9.36. The SMILES string of the molecule is CCC(C)NC(N)=NC1CC(c2ccc(Br)cc2)C1. The monoisotopic (exact) mass is 323 g/mol. The van der Waals surface area contributed by atoms with Crippen LogP contribution in [0.4, 0.5) is 0 Å². The summed E-state index contributed by atoms with van der Waals surface area (Å²) in [6.45, 7) is 4.26. The molecule has 3 N–H and O–H groups in total. The highest BCUT2D eigenvalue weighted by Gasteiger charge is 2.30. The fourth-order valence-corrected chi connectivity index (χ4v) is 2.55. The van der Waals surface area contributed by atoms with Crippen LogP contribution < -0.4 is 11.1 Å². The molecule has 0 spiro atoms. The Labute approximate surface area is 123 Å². The van der Waals surface area contributed by atoms with E-state index in [4.69, 9.17) is 5.73 Å². The van der Waals surface area contributed by atoms with Gasteiger partial charge in [-0.05, 0) is 49.8 Å². The van der Waals surface area contributed by atoms with Gasteiger partial charge in [-0.1, -0.05) is 35.0 Å². The van der Waals surface area contributed by atoms with Gasteiger partial charge < -0.3 is 11.1 Å². The van der Waals surface area contributed by atoms with Crippen molar-refractivity contribution in [1.82, 2.24) is 5.32 Å². The minimum atomic E-state index is 0.380. The summed E-state index contributed by atoms with van der Waals surface area (Å²) in [7, 11) is 0. The molecule has 0 aliphatic heterocycles. The Balaban J connectivity index is 1.82. The number of nitrogens with zero attached hydrogens (tertiary/aromatic N) is 1. The van der Waals surface area contributed by atoms with E-state index in [1.165, 1.54) is 5.56 Å². The number of hydrogen-bond donors (Lipinski definition) is 2. The lowest BCUT2D eigenvalue weighted by atomic mass is 9.76. The molecular weight excluding hydrogens is 302 g/mol. The molecule has 1 aliphatic carbocycles. The van der Waals surface area contributed by atoms with Crippen molar-refractivity contribution in [2.75, 3.05) is 0 Å². The molecule has 2 rings (SSSR count). The average Bonchev–Trinajstić information content (AvgIpc) is 2.34. The molecule has 3 nitrogen and oxygen atoms in total. The normalized spacial score (nSPS) is 24.7. The molecule has 1 aromatic carbocycles. The first-order valence-electron chi connectivity index (χ1n) is 6.93. The van der Waals surface area contributed by atoms with Crippen LogP contribution in [0.5, 0.6) is 0 Å². The highest BCUT2D eigenvalue weighted by molar-refractivity contribution is 9.10. The molecule has 1 aliphatic rings. The van der Waals surface area contributed by atoms with Crippen LogP contribution in [0.15, 0.2) is 33.7 Å². The molecule has 4 heteroatoms. The van der Waals surface area contributed by atoms with Crippen molar-refractivity contribution >= 4 is 21.9 Å². The van der Waals surface area contributed by atoms with Crippen molar-refractivity contribution in [3.05, 3.63) is 34.3 Å². The van der Waals surface area contributed by atoms with E-state index in [2.05, 4.69) is 64.4 Å². The van der Waals surface area contributed by atoms with Crippen molar-refractivity contribution in [2.45, 2.75) is 51.1 Å². The van der Waals surface area contributed by atoms with Gasteiger partial charge in [0, 0.05) is 10.5 Å². The van der Waals surface area contributed by atoms with Gasteiger partial charge in [0.05, 0.1) is 6.04 Å². The molecule has 1 fully saturated rings. The highest BCUT2D eigenvalue weighted by Crippen LogP contribution is 2.38. The van der Waals surface area contributed by atoms with Crippen molar-refractivity contribution < 1.29 is 0 Å². The maximum atomic E-state index is 5.90. The fourth-order valence-electron chi connectivity index (χ4n) is 2.29. The second kappa shape index (κ2) is 6.42. The Morgan fingerprint density at radius 3 is 2.63 bits per heavy atom. The van der Waals surface area contributed by atoms with Crippen LogP contribution >= 0.6 is 15.9 Å². The summed E-state index contributed by atoms with van der Waals surface area (Å²) in [5, 5.41) is 3.21. The maximum Gasteiger partial charge on any atom is 0.189 e. The molecule has 1 atom stereocenters. The van der Waals surface area contributed by atoms with Crippen LogP contribution in [0.3, 0.4) is 0 Å². The number of halogens is 1. The van der Waals surface area contributed by atoms with Crippen molar-refractivity contribution in [3.63, 3.8) is 0 Å². The molecule has 19 heavy (non-hydrogen) atoms. The first-order valence-corrected chi connectivity index (χ1v) is 7.73. The Morgan fingerprint density at radius 2 is 2.05 bits per heavy atom. The van der Waals surface area contributed by atoms with Gasteiger partial charge in [0.25, 0.3) is 0 Å². The molecule has 104 valence electrons. The van der Waals surface area contributed by atoms with E-state index in [0.29, 0.717) is 24.0 Å². The summed E-state index contributed by atoms with van der Waals surface area (Å²) in [6.07, 6.45) is 3.26. The predicted octanol–water partition coefficient (Wildman–Crippen LogP) is 3.40. The fraction of sp³-hybridized carbons (Fsp3) is 0.533. The summed E-state index contributed by atoms with van der Waals surface area (Å²) in [5.74, 6) is 1.23. The van der Waals surface area contributed by atoms with Crippen molar-refractivity contribution in [1.29, 1.82) is 0 Å². The van der Waals surface area contributed by atoms with E-state index < -0.39 is 0 Å². The number of nitrogens with two attached hydrogens (primary N) is 1. The third kappa shape index (κ3) is 3.96. The molecular formula is C15H22BrN3. The van der Waals surface area contributed by atoms with Gasteiger partial charge in [-0.25, -0.2) is 0 Å². The van der Waals surface area contributed by atoms with E-state index in [-0.39, 0.29) is 0 Å². The van der Waals surface area contributed by atoms with Crippen LogP contribution in [-0.4, -0.2) is 18.0 Å². The molecule has 0 radical (unpaired) electrons. The number of aliphatic imine (C=N–C) groups is 1. The van der Waals surface area contributed by atoms with Gasteiger partial charge in [0.1, 0.15) is 0 Å². The molecule has 1 unspecified atom stereocenters. The lowest BCUT2D eigenvalue weighted by Gasteiger charge is -2.33. The van der Waals surface area contributed by atoms with E-state index in [9.17, 15) is 0 Å². The zero-order valence-corrected chi connectivity index (χ0v) is 13.2. The minimum Gasteiger partial charge on any atom is -0.370 e. The van der Waals surface area contributed by atoms with Gasteiger partial charge >= 0.3 is 0 Å². The molecule has 1 saturated carbocycles. The van der Waals surface area contributed by atoms with Gasteiger partial charge in [-0.15, -0.1) is 0 Å². The topological polar surface area (TPSA) is 50.4 Å². The Morgan fingerprint density at radius 1 is 1.42 bits per heavy atom. The zero-order chi connectivity index (χ0) is 13.8. The quantitative estimate of drug-likeness (QED) is 0.659. The van der Waals surface area contributed by atoms with Crippen LogP contribution in [0.1, 0.15) is 44.6 Å². The number of nitrogens with one attached hydrogen (secondary N) is 1. The Bertz CT molecular complexity index is 435. The lowest BCUT2D eigenvalue weighted by Crippen LogP contribution is -2.40. The predicted molar refractivity (Wildman–Crippen MR) is 84.4 cm³/mol. The molecule has 1 aromatic rings. The van der Waals surface area contributed by atoms with Gasteiger partial charge in [-0.2, -0.15) is 0 Å². The Hall–Kier alpha value is -1.03. The third-order valence-electron chi connectivity index (χ3n) is 3.78. The first-order chi connectivity index (χ1) is 9.08. The summed E-state index contributed by atoms with van der Waals surface area (Å²) >= 11 is 3.46. The average molecular weight is 324 g/mol. The number of hydrogen-bond acceptors (Lipinski definition) is 1. The molecule has 0 saturated heterocycles. The molecule has 0 amide bonds. The van der Waals surface area contributed by atoms with Crippen LogP contribution in [-0.2, 0) is 0 Å². The smallest absolute Gasteiger partial charge is 0.189 e. The number of rotatable bonds is 4. The maximum absolute atomic E-state index is 5.90. The molecule has 0 bridgehead atoms. The minimum absolute atomic E-state index is 0.380. The van der Waals surface area contributed by atoms with Crippen molar-refractivity contribution in [3.8, 4) is 0 Å². The second-order valence-corrected chi connectivity index (χ2v) is 6.26. The van der Waals surface area contributed by atoms with Crippen LogP contribution in [0, 0.1) is 0 Å².